The lowest BCUT2D eigenvalue weighted by Crippen LogP contribution is -2.48. The van der Waals surface area contributed by atoms with Crippen LogP contribution in [0, 0.1) is 17.8 Å². The van der Waals surface area contributed by atoms with Crippen LogP contribution in [0.4, 0.5) is 0 Å². The first-order valence-corrected chi connectivity index (χ1v) is 8.29. The molecule has 1 aromatic heterocycles. The lowest BCUT2D eigenvalue weighted by atomic mass is 9.48. The lowest BCUT2D eigenvalue weighted by molar-refractivity contribution is -0.00781. The fourth-order valence-electron chi connectivity index (χ4n) is 5.77. The number of benzene rings is 1. The number of aromatic nitrogens is 1. The molecule has 0 atom stereocenters. The number of phenolic OH excluding ortho intramolecular Hbond substituents is 1. The van der Waals surface area contributed by atoms with Crippen LogP contribution in [0.15, 0.2) is 16.7 Å². The van der Waals surface area contributed by atoms with Crippen molar-refractivity contribution in [2.24, 2.45) is 17.8 Å². The van der Waals surface area contributed by atoms with Crippen molar-refractivity contribution in [3.63, 3.8) is 0 Å². The van der Waals surface area contributed by atoms with Gasteiger partial charge in [0.2, 0.25) is 0 Å². The zero-order valence-electron chi connectivity index (χ0n) is 11.8. The zero-order valence-corrected chi connectivity index (χ0v) is 12.6. The van der Waals surface area contributed by atoms with E-state index in [2.05, 4.69) is 5.16 Å². The summed E-state index contributed by atoms with van der Waals surface area (Å²) >= 11 is 6.39. The van der Waals surface area contributed by atoms with E-state index < -0.39 is 0 Å². The first kappa shape index (κ1) is 12.3. The van der Waals surface area contributed by atoms with Crippen LogP contribution >= 0.6 is 11.6 Å². The fourth-order valence-corrected chi connectivity index (χ4v) is 6.07. The van der Waals surface area contributed by atoms with Gasteiger partial charge in [-0.15, -0.1) is 0 Å². The molecule has 0 aliphatic heterocycles. The number of aromatic hydroxyl groups is 1. The highest BCUT2D eigenvalue weighted by molar-refractivity contribution is 6.35. The van der Waals surface area contributed by atoms with Crippen LogP contribution in [0.3, 0.4) is 0 Å². The summed E-state index contributed by atoms with van der Waals surface area (Å²) in [5.74, 6) is 2.72. The predicted molar refractivity (Wildman–Crippen MR) is 80.5 cm³/mol. The smallest absolute Gasteiger partial charge is 0.172 e. The Hall–Kier alpha value is -1.22. The number of hydrogen-bond donors (Lipinski definition) is 1. The van der Waals surface area contributed by atoms with Gasteiger partial charge in [0.25, 0.3) is 0 Å². The minimum absolute atomic E-state index is 0.140. The molecule has 21 heavy (non-hydrogen) atoms. The van der Waals surface area contributed by atoms with Crippen LogP contribution in [-0.2, 0) is 5.41 Å². The first-order chi connectivity index (χ1) is 10.1. The molecule has 4 saturated carbocycles. The molecule has 1 N–H and O–H groups in total. The summed E-state index contributed by atoms with van der Waals surface area (Å²) < 4.78 is 5.51. The molecule has 4 aliphatic rings. The summed E-state index contributed by atoms with van der Waals surface area (Å²) in [5, 5.41) is 15.6. The van der Waals surface area contributed by atoms with Crippen LogP contribution in [-0.4, -0.2) is 10.3 Å². The maximum atomic E-state index is 9.68. The topological polar surface area (TPSA) is 46.3 Å². The van der Waals surface area contributed by atoms with Crippen molar-refractivity contribution in [2.75, 3.05) is 0 Å². The average molecular weight is 304 g/mol. The van der Waals surface area contributed by atoms with Crippen molar-refractivity contribution in [1.82, 2.24) is 5.16 Å². The first-order valence-electron chi connectivity index (χ1n) is 7.91. The number of fused-ring (bicyclic) bond motifs is 1. The van der Waals surface area contributed by atoms with Crippen LogP contribution in [0.5, 0.6) is 5.75 Å². The summed E-state index contributed by atoms with van der Waals surface area (Å²) in [7, 11) is 0. The molecule has 0 amide bonds. The highest BCUT2D eigenvalue weighted by Gasteiger charge is 2.53. The quantitative estimate of drug-likeness (QED) is 0.833. The third-order valence-corrected chi connectivity index (χ3v) is 6.35. The summed E-state index contributed by atoms with van der Waals surface area (Å²) in [6.45, 7) is 0. The molecule has 1 aromatic carbocycles. The molecule has 0 unspecified atom stereocenters. The molecule has 110 valence electrons. The zero-order chi connectivity index (χ0) is 14.2. The molecule has 2 aromatic rings. The molecule has 4 heteroatoms. The third-order valence-electron chi connectivity index (χ3n) is 6.05. The number of phenols is 1. The van der Waals surface area contributed by atoms with Crippen molar-refractivity contribution < 1.29 is 9.63 Å². The molecule has 0 saturated heterocycles. The van der Waals surface area contributed by atoms with Gasteiger partial charge in [-0.3, -0.25) is 0 Å². The van der Waals surface area contributed by atoms with Crippen LogP contribution in [0.2, 0.25) is 5.02 Å². The standard InChI is InChI=1S/C17H18ClNO2/c18-13-4-12(20)5-14-15(13)16(19-21-14)17-6-9-1-10(7-17)3-11(2-9)8-17/h4-5,9-11,20H,1-3,6-8H2. The van der Waals surface area contributed by atoms with Crippen molar-refractivity contribution in [3.8, 4) is 5.75 Å². The van der Waals surface area contributed by atoms with E-state index in [9.17, 15) is 5.11 Å². The summed E-state index contributed by atoms with van der Waals surface area (Å²) in [6.07, 6.45) is 7.92. The second-order valence-electron chi connectivity index (χ2n) is 7.53. The molecule has 4 bridgehead atoms. The van der Waals surface area contributed by atoms with Gasteiger partial charge in [-0.25, -0.2) is 0 Å². The van der Waals surface area contributed by atoms with Crippen LogP contribution < -0.4 is 0 Å². The van der Waals surface area contributed by atoms with Crippen molar-refractivity contribution >= 4 is 22.6 Å². The number of rotatable bonds is 1. The van der Waals surface area contributed by atoms with Gasteiger partial charge in [0.1, 0.15) is 5.75 Å². The van der Waals surface area contributed by atoms with Gasteiger partial charge in [-0.1, -0.05) is 16.8 Å². The Labute approximate surface area is 128 Å². The fraction of sp³-hybridized carbons (Fsp3) is 0.588. The largest absolute Gasteiger partial charge is 0.508 e. The molecule has 4 fully saturated rings. The summed E-state index contributed by atoms with van der Waals surface area (Å²) in [4.78, 5) is 0. The normalized spacial score (nSPS) is 37.5. The Morgan fingerprint density at radius 2 is 1.71 bits per heavy atom. The minimum atomic E-state index is 0.140. The molecular weight excluding hydrogens is 286 g/mol. The Bertz CT molecular complexity index is 700. The van der Waals surface area contributed by atoms with Crippen molar-refractivity contribution in [2.45, 2.75) is 43.9 Å². The number of nitrogens with zero attached hydrogens (tertiary/aromatic N) is 1. The highest BCUT2D eigenvalue weighted by atomic mass is 35.5. The van der Waals surface area contributed by atoms with Gasteiger partial charge in [0.05, 0.1) is 16.1 Å². The molecule has 3 nitrogen and oxygen atoms in total. The van der Waals surface area contributed by atoms with Gasteiger partial charge in [-0.2, -0.15) is 0 Å². The van der Waals surface area contributed by atoms with E-state index in [1.54, 1.807) is 12.1 Å². The predicted octanol–water partition coefficient (Wildman–Crippen LogP) is 4.65. The number of hydrogen-bond acceptors (Lipinski definition) is 3. The van der Waals surface area contributed by atoms with E-state index in [0.29, 0.717) is 10.6 Å². The van der Waals surface area contributed by atoms with Crippen molar-refractivity contribution in [3.05, 3.63) is 22.8 Å². The van der Waals surface area contributed by atoms with Gasteiger partial charge in [-0.05, 0) is 62.3 Å². The lowest BCUT2D eigenvalue weighted by Gasteiger charge is -2.56. The molecule has 6 rings (SSSR count). The molecular formula is C17H18ClNO2. The second kappa shape index (κ2) is 3.95. The average Bonchev–Trinajstić information content (AvgIpc) is 2.81. The molecule has 1 heterocycles. The number of halogens is 1. The monoisotopic (exact) mass is 303 g/mol. The van der Waals surface area contributed by atoms with Crippen LogP contribution in [0.1, 0.15) is 44.2 Å². The summed E-state index contributed by atoms with van der Waals surface area (Å²) in [5.41, 5.74) is 1.84. The van der Waals surface area contributed by atoms with E-state index in [4.69, 9.17) is 16.1 Å². The minimum Gasteiger partial charge on any atom is -0.508 e. The molecule has 0 spiro atoms. The Morgan fingerprint density at radius 1 is 1.10 bits per heavy atom. The van der Waals surface area contributed by atoms with Gasteiger partial charge in [0, 0.05) is 11.5 Å². The second-order valence-corrected chi connectivity index (χ2v) is 7.94. The SMILES string of the molecule is Oc1cc(Cl)c2c(C34CC5CC(CC(C5)C3)C4)noc2c1. The van der Waals surface area contributed by atoms with E-state index in [-0.39, 0.29) is 11.2 Å². The highest BCUT2D eigenvalue weighted by Crippen LogP contribution is 2.61. The van der Waals surface area contributed by atoms with E-state index in [1.807, 2.05) is 0 Å². The van der Waals surface area contributed by atoms with Gasteiger partial charge >= 0.3 is 0 Å². The molecule has 0 radical (unpaired) electrons. The van der Waals surface area contributed by atoms with E-state index in [1.165, 1.54) is 38.5 Å². The summed E-state index contributed by atoms with van der Waals surface area (Å²) in [6, 6.07) is 3.23. The van der Waals surface area contributed by atoms with Gasteiger partial charge < -0.3 is 9.63 Å². The Morgan fingerprint density at radius 3 is 2.33 bits per heavy atom. The maximum Gasteiger partial charge on any atom is 0.172 e. The molecule has 4 aliphatic carbocycles. The maximum absolute atomic E-state index is 9.68. The van der Waals surface area contributed by atoms with E-state index in [0.717, 1.165) is 28.8 Å². The van der Waals surface area contributed by atoms with Gasteiger partial charge in [0.15, 0.2) is 5.58 Å². The Balaban J connectivity index is 1.71. The van der Waals surface area contributed by atoms with E-state index >= 15 is 0 Å². The third kappa shape index (κ3) is 1.64. The van der Waals surface area contributed by atoms with Crippen molar-refractivity contribution in [1.29, 1.82) is 0 Å². The Kier molecular flexibility index (Phi) is 2.32. The van der Waals surface area contributed by atoms with Crippen LogP contribution in [0.25, 0.3) is 11.0 Å².